The molecular weight excluding hydrogens is 441 g/mol. The van der Waals surface area contributed by atoms with Gasteiger partial charge in [-0.3, -0.25) is 4.79 Å². The third-order valence-electron chi connectivity index (χ3n) is 5.90. The van der Waals surface area contributed by atoms with Crippen LogP contribution in [0, 0.1) is 0 Å². The molecular formula is C21H27BF2N2O7. The van der Waals surface area contributed by atoms with E-state index in [0.717, 1.165) is 0 Å². The summed E-state index contributed by atoms with van der Waals surface area (Å²) >= 11 is 0. The van der Waals surface area contributed by atoms with Gasteiger partial charge in [0.25, 0.3) is 5.91 Å². The van der Waals surface area contributed by atoms with Gasteiger partial charge < -0.3 is 34.1 Å². The molecule has 0 bridgehead atoms. The van der Waals surface area contributed by atoms with Gasteiger partial charge in [-0.2, -0.15) is 8.78 Å². The Morgan fingerprint density at radius 3 is 2.42 bits per heavy atom. The van der Waals surface area contributed by atoms with Gasteiger partial charge in [0, 0.05) is 18.3 Å². The van der Waals surface area contributed by atoms with E-state index in [4.69, 9.17) is 14.0 Å². The number of carbonyl (C=O) groups excluding carboxylic acids is 2. The fourth-order valence-electron chi connectivity index (χ4n) is 3.47. The molecule has 12 heteroatoms. The van der Waals surface area contributed by atoms with Crippen LogP contribution in [0.15, 0.2) is 29.5 Å². The van der Waals surface area contributed by atoms with Crippen LogP contribution < -0.4 is 15.5 Å². The van der Waals surface area contributed by atoms with Crippen molar-refractivity contribution >= 4 is 30.1 Å². The highest BCUT2D eigenvalue weighted by Gasteiger charge is 2.52. The molecule has 1 fully saturated rings. The maximum absolute atomic E-state index is 13.0. The zero-order chi connectivity index (χ0) is 24.6. The number of rotatable bonds is 8. The normalized spacial score (nSPS) is 19.5. The lowest BCUT2D eigenvalue weighted by Crippen LogP contribution is -2.41. The molecule has 9 nitrogen and oxygen atoms in total. The molecule has 1 saturated heterocycles. The molecule has 33 heavy (non-hydrogen) atoms. The molecule has 2 aliphatic rings. The number of methoxy groups -OCH3 is 1. The van der Waals surface area contributed by atoms with Crippen LogP contribution in [0.5, 0.6) is 5.75 Å². The molecule has 2 heterocycles. The van der Waals surface area contributed by atoms with Gasteiger partial charge in [0.2, 0.25) is 0 Å². The van der Waals surface area contributed by atoms with Crippen molar-refractivity contribution in [2.24, 2.45) is 0 Å². The van der Waals surface area contributed by atoms with E-state index < -0.39 is 36.8 Å². The quantitative estimate of drug-likeness (QED) is 0.434. The zero-order valence-corrected chi connectivity index (χ0v) is 19.1. The first-order valence-electron chi connectivity index (χ1n) is 10.3. The summed E-state index contributed by atoms with van der Waals surface area (Å²) in [6, 6.07) is 4.19. The Kier molecular flexibility index (Phi) is 7.01. The molecule has 1 aromatic rings. The standard InChI is InChI=1S/C21H27BF2N2O7/c1-20(2)21(3,4)33-22(32-20)12-8-13(10-14(9-12)31-19(23)24)25-16-15(18(29)30-5)11-26(6-7-27)17(16)28/h8-10,19,25,27H,6-7,11H2,1-5H3. The van der Waals surface area contributed by atoms with Crippen molar-refractivity contribution in [1.82, 2.24) is 4.90 Å². The van der Waals surface area contributed by atoms with Crippen LogP contribution in [0.3, 0.4) is 0 Å². The summed E-state index contributed by atoms with van der Waals surface area (Å²) in [6.45, 7) is 3.99. The molecule has 0 radical (unpaired) electrons. The lowest BCUT2D eigenvalue weighted by atomic mass is 9.78. The first-order chi connectivity index (χ1) is 15.4. The number of benzene rings is 1. The van der Waals surface area contributed by atoms with Crippen molar-refractivity contribution in [3.63, 3.8) is 0 Å². The number of nitrogens with zero attached hydrogens (tertiary/aromatic N) is 1. The molecule has 180 valence electrons. The largest absolute Gasteiger partial charge is 0.495 e. The molecule has 1 aromatic carbocycles. The number of aliphatic hydroxyl groups is 1. The summed E-state index contributed by atoms with van der Waals surface area (Å²) in [7, 11) is 0.301. The number of nitrogens with one attached hydrogen (secondary N) is 1. The predicted octanol–water partition coefficient (Wildman–Crippen LogP) is 1.26. The van der Waals surface area contributed by atoms with Crippen molar-refractivity contribution in [1.29, 1.82) is 0 Å². The summed E-state index contributed by atoms with van der Waals surface area (Å²) in [6.07, 6.45) is 0. The molecule has 0 atom stereocenters. The van der Waals surface area contributed by atoms with Gasteiger partial charge in [0.05, 0.1) is 37.0 Å². The summed E-state index contributed by atoms with van der Waals surface area (Å²) in [5, 5.41) is 12.0. The number of hydrogen-bond acceptors (Lipinski definition) is 8. The Morgan fingerprint density at radius 1 is 1.24 bits per heavy atom. The van der Waals surface area contributed by atoms with Crippen LogP contribution >= 0.6 is 0 Å². The number of amides is 1. The molecule has 1 amide bonds. The molecule has 2 aliphatic heterocycles. The van der Waals surface area contributed by atoms with E-state index in [-0.39, 0.29) is 42.4 Å². The Balaban J connectivity index is 1.99. The zero-order valence-electron chi connectivity index (χ0n) is 19.1. The number of β-amino-alcohol motifs (C(OH)–C–C–N with tert-alkyl or cyclic N) is 1. The van der Waals surface area contributed by atoms with Crippen molar-refractivity contribution in [2.75, 3.05) is 32.1 Å². The van der Waals surface area contributed by atoms with Crippen molar-refractivity contribution in [3.05, 3.63) is 29.5 Å². The lowest BCUT2D eigenvalue weighted by Gasteiger charge is -2.32. The fraction of sp³-hybridized carbons (Fsp3) is 0.524. The highest BCUT2D eigenvalue weighted by Crippen LogP contribution is 2.37. The van der Waals surface area contributed by atoms with E-state index in [1.807, 2.05) is 27.7 Å². The number of esters is 1. The van der Waals surface area contributed by atoms with E-state index in [2.05, 4.69) is 10.1 Å². The Labute approximate surface area is 190 Å². The van der Waals surface area contributed by atoms with Gasteiger partial charge in [0.15, 0.2) is 0 Å². The fourth-order valence-corrected chi connectivity index (χ4v) is 3.47. The number of ether oxygens (including phenoxy) is 2. The lowest BCUT2D eigenvalue weighted by molar-refractivity contribution is -0.136. The first kappa shape index (κ1) is 24.9. The molecule has 0 saturated carbocycles. The van der Waals surface area contributed by atoms with Gasteiger partial charge in [-0.25, -0.2) is 4.79 Å². The van der Waals surface area contributed by atoms with E-state index in [1.54, 1.807) is 6.07 Å². The minimum Gasteiger partial charge on any atom is -0.466 e. The highest BCUT2D eigenvalue weighted by atomic mass is 19.3. The van der Waals surface area contributed by atoms with E-state index in [0.29, 0.717) is 5.46 Å². The Hall–Kier alpha value is -2.70. The van der Waals surface area contributed by atoms with E-state index in [9.17, 15) is 23.5 Å². The summed E-state index contributed by atoms with van der Waals surface area (Å²) in [4.78, 5) is 26.3. The van der Waals surface area contributed by atoms with Crippen molar-refractivity contribution < 1.29 is 42.3 Å². The van der Waals surface area contributed by atoms with E-state index in [1.165, 1.54) is 24.1 Å². The predicted molar refractivity (Wildman–Crippen MR) is 115 cm³/mol. The van der Waals surface area contributed by atoms with Crippen LogP contribution in [0.1, 0.15) is 27.7 Å². The summed E-state index contributed by atoms with van der Waals surface area (Å²) in [5.41, 5.74) is -0.784. The second kappa shape index (κ2) is 9.28. The number of alkyl halides is 2. The van der Waals surface area contributed by atoms with Gasteiger partial charge in [0.1, 0.15) is 11.4 Å². The minimum absolute atomic E-state index is 0.0121. The van der Waals surface area contributed by atoms with Crippen molar-refractivity contribution in [3.8, 4) is 5.75 Å². The third kappa shape index (κ3) is 5.12. The number of halogens is 2. The third-order valence-corrected chi connectivity index (χ3v) is 5.90. The molecule has 2 N–H and O–H groups in total. The monoisotopic (exact) mass is 468 g/mol. The molecule has 0 unspecified atom stereocenters. The van der Waals surface area contributed by atoms with Crippen LogP contribution in [0.4, 0.5) is 14.5 Å². The Bertz CT molecular complexity index is 952. The summed E-state index contributed by atoms with van der Waals surface area (Å²) < 4.78 is 47.3. The smallest absolute Gasteiger partial charge is 0.466 e. The maximum atomic E-state index is 13.0. The first-order valence-corrected chi connectivity index (χ1v) is 10.3. The van der Waals surface area contributed by atoms with Gasteiger partial charge in [-0.1, -0.05) is 0 Å². The van der Waals surface area contributed by atoms with Gasteiger partial charge in [-0.05, 0) is 45.3 Å². The van der Waals surface area contributed by atoms with Crippen LogP contribution in [0.25, 0.3) is 0 Å². The van der Waals surface area contributed by atoms with Crippen LogP contribution in [0.2, 0.25) is 0 Å². The number of anilines is 1. The van der Waals surface area contributed by atoms with Crippen molar-refractivity contribution in [2.45, 2.75) is 45.5 Å². The number of hydrogen-bond donors (Lipinski definition) is 2. The second-order valence-corrected chi connectivity index (χ2v) is 8.68. The average molecular weight is 468 g/mol. The number of carbonyl (C=O) groups is 2. The minimum atomic E-state index is -3.08. The molecule has 0 aromatic heterocycles. The van der Waals surface area contributed by atoms with Gasteiger partial charge >= 0.3 is 19.7 Å². The molecule has 0 aliphatic carbocycles. The summed E-state index contributed by atoms with van der Waals surface area (Å²) in [5.74, 6) is -1.45. The molecule has 0 spiro atoms. The number of aliphatic hydroxyl groups excluding tert-OH is 1. The Morgan fingerprint density at radius 2 is 1.88 bits per heavy atom. The molecule has 3 rings (SSSR count). The highest BCUT2D eigenvalue weighted by molar-refractivity contribution is 6.62. The van der Waals surface area contributed by atoms with E-state index >= 15 is 0 Å². The van der Waals surface area contributed by atoms with Crippen LogP contribution in [-0.2, 0) is 23.6 Å². The SMILES string of the molecule is COC(=O)C1=C(Nc2cc(OC(F)F)cc(B3OC(C)(C)C(C)(C)O3)c2)C(=O)N(CCO)C1. The average Bonchev–Trinajstić information content (AvgIpc) is 3.13. The second-order valence-electron chi connectivity index (χ2n) is 8.68. The maximum Gasteiger partial charge on any atom is 0.495 e. The topological polar surface area (TPSA) is 107 Å². The van der Waals surface area contributed by atoms with Gasteiger partial charge in [-0.15, -0.1) is 0 Å². The van der Waals surface area contributed by atoms with Crippen LogP contribution in [-0.4, -0.2) is 73.6 Å².